The quantitative estimate of drug-likeness (QED) is 0.453. The van der Waals surface area contributed by atoms with E-state index in [4.69, 9.17) is 4.74 Å². The highest BCUT2D eigenvalue weighted by Gasteiger charge is 2.30. The minimum absolute atomic E-state index is 0.171. The van der Waals surface area contributed by atoms with Crippen molar-refractivity contribution in [1.29, 1.82) is 0 Å². The molecule has 9 heteroatoms. The molecule has 3 aromatic rings. The van der Waals surface area contributed by atoms with E-state index in [1.54, 1.807) is 10.6 Å². The van der Waals surface area contributed by atoms with E-state index in [1.165, 1.54) is 18.2 Å². The van der Waals surface area contributed by atoms with Gasteiger partial charge < -0.3 is 9.30 Å². The van der Waals surface area contributed by atoms with Gasteiger partial charge in [-0.1, -0.05) is 17.4 Å². The molecule has 0 saturated heterocycles. The lowest BCUT2D eigenvalue weighted by molar-refractivity contribution is -0.137. The van der Waals surface area contributed by atoms with Gasteiger partial charge in [-0.25, -0.2) is 4.39 Å². The summed E-state index contributed by atoms with van der Waals surface area (Å²) in [5.41, 5.74) is -0.423. The first kappa shape index (κ1) is 20.2. The van der Waals surface area contributed by atoms with Crippen LogP contribution >= 0.6 is 11.3 Å². The van der Waals surface area contributed by atoms with Crippen LogP contribution in [0.3, 0.4) is 0 Å². The van der Waals surface area contributed by atoms with Crippen LogP contribution in [0, 0.1) is 5.82 Å². The Bertz CT molecular complexity index is 1070. The summed E-state index contributed by atoms with van der Waals surface area (Å²) in [5.74, 6) is -1.23. The number of amides is 1. The van der Waals surface area contributed by atoms with E-state index in [0.717, 1.165) is 29.5 Å². The minimum atomic E-state index is -4.55. The van der Waals surface area contributed by atoms with Gasteiger partial charge in [0.25, 0.3) is 5.91 Å². The molecule has 0 unspecified atom stereocenters. The van der Waals surface area contributed by atoms with Gasteiger partial charge in [-0.2, -0.15) is 18.2 Å². The van der Waals surface area contributed by atoms with E-state index in [9.17, 15) is 22.4 Å². The van der Waals surface area contributed by atoms with E-state index in [2.05, 4.69) is 4.99 Å². The van der Waals surface area contributed by atoms with Gasteiger partial charge in [0, 0.05) is 18.7 Å². The summed E-state index contributed by atoms with van der Waals surface area (Å²) in [7, 11) is 0. The first-order valence-corrected chi connectivity index (χ1v) is 9.24. The van der Waals surface area contributed by atoms with E-state index in [-0.39, 0.29) is 10.4 Å². The average molecular weight is 412 g/mol. The average Bonchev–Trinajstić information content (AvgIpc) is 2.97. The van der Waals surface area contributed by atoms with Crippen LogP contribution in [0.5, 0.6) is 0 Å². The predicted molar refractivity (Wildman–Crippen MR) is 97.6 cm³/mol. The summed E-state index contributed by atoms with van der Waals surface area (Å²) in [6, 6.07) is 8.29. The zero-order valence-electron chi connectivity index (χ0n) is 14.8. The number of alkyl halides is 3. The van der Waals surface area contributed by atoms with Crippen LogP contribution in [0.1, 0.15) is 22.8 Å². The number of thiazole rings is 1. The molecule has 2 aromatic carbocycles. The van der Waals surface area contributed by atoms with Crippen molar-refractivity contribution in [2.45, 2.75) is 19.6 Å². The van der Waals surface area contributed by atoms with Crippen molar-refractivity contribution in [3.63, 3.8) is 0 Å². The second kappa shape index (κ2) is 8.24. The molecule has 28 heavy (non-hydrogen) atoms. The van der Waals surface area contributed by atoms with Crippen LogP contribution in [-0.2, 0) is 17.5 Å². The first-order chi connectivity index (χ1) is 13.3. The third-order valence-electron chi connectivity index (χ3n) is 3.94. The number of rotatable bonds is 5. The molecular weight excluding hydrogens is 396 g/mol. The molecule has 1 amide bonds. The molecule has 3 rings (SSSR count). The molecule has 0 aliphatic carbocycles. The Morgan fingerprint density at radius 1 is 1.21 bits per heavy atom. The summed E-state index contributed by atoms with van der Waals surface area (Å²) < 4.78 is 59.8. The number of aromatic nitrogens is 1. The highest BCUT2D eigenvalue weighted by molar-refractivity contribution is 7.16. The van der Waals surface area contributed by atoms with Crippen molar-refractivity contribution in [3.05, 3.63) is 64.2 Å². The third kappa shape index (κ3) is 4.48. The molecule has 0 fully saturated rings. The Morgan fingerprint density at radius 3 is 2.71 bits per heavy atom. The molecule has 0 spiro atoms. The Balaban J connectivity index is 2.05. The number of fused-ring (bicyclic) bond motifs is 1. The van der Waals surface area contributed by atoms with Crippen molar-refractivity contribution in [2.75, 3.05) is 13.2 Å². The van der Waals surface area contributed by atoms with E-state index in [0.29, 0.717) is 30.0 Å². The Kier molecular flexibility index (Phi) is 5.95. The fourth-order valence-corrected chi connectivity index (χ4v) is 3.71. The molecule has 0 N–H and O–H groups in total. The molecular formula is C19H16F4N2O2S. The lowest BCUT2D eigenvalue weighted by Gasteiger charge is -2.07. The topological polar surface area (TPSA) is 43.6 Å². The number of hydrogen-bond donors (Lipinski definition) is 0. The van der Waals surface area contributed by atoms with Crippen molar-refractivity contribution >= 4 is 27.5 Å². The number of carbonyl (C=O) groups excluding carboxylic acids is 1. The largest absolute Gasteiger partial charge is 0.416 e. The van der Waals surface area contributed by atoms with Gasteiger partial charge in [0.15, 0.2) is 4.80 Å². The number of halogens is 4. The first-order valence-electron chi connectivity index (χ1n) is 8.42. The summed E-state index contributed by atoms with van der Waals surface area (Å²) >= 11 is 1.09. The van der Waals surface area contributed by atoms with E-state index < -0.39 is 23.5 Å². The molecule has 0 aliphatic heterocycles. The number of hydrogen-bond acceptors (Lipinski definition) is 3. The summed E-state index contributed by atoms with van der Waals surface area (Å²) in [6.07, 6.45) is -4.55. The monoisotopic (exact) mass is 412 g/mol. The minimum Gasteiger partial charge on any atom is -0.380 e. The Hall–Kier alpha value is -2.52. The predicted octanol–water partition coefficient (Wildman–Crippen LogP) is 4.64. The van der Waals surface area contributed by atoms with Gasteiger partial charge in [0.2, 0.25) is 0 Å². The lowest BCUT2D eigenvalue weighted by atomic mass is 10.1. The fraction of sp³-hybridized carbons (Fsp3) is 0.263. The maximum atomic E-state index is 13.5. The molecule has 0 atom stereocenters. The van der Waals surface area contributed by atoms with Gasteiger partial charge >= 0.3 is 6.18 Å². The summed E-state index contributed by atoms with van der Waals surface area (Å²) in [5, 5.41) is 0. The maximum Gasteiger partial charge on any atom is 0.416 e. The van der Waals surface area contributed by atoms with Crippen LogP contribution in [0.15, 0.2) is 47.5 Å². The smallest absolute Gasteiger partial charge is 0.380 e. The van der Waals surface area contributed by atoms with E-state index in [1.807, 2.05) is 6.92 Å². The standard InChI is InChI=1S/C19H16F4N2O2S/c1-2-27-9-8-25-15-7-6-14(20)11-16(15)28-18(25)24-17(26)12-4-3-5-13(10-12)19(21,22)23/h3-7,10-11H,2,8-9H2,1H3. The van der Waals surface area contributed by atoms with Crippen LogP contribution in [-0.4, -0.2) is 23.7 Å². The summed E-state index contributed by atoms with van der Waals surface area (Å²) in [6.45, 7) is 3.07. The molecule has 1 heterocycles. The van der Waals surface area contributed by atoms with Crippen molar-refractivity contribution in [2.24, 2.45) is 4.99 Å². The van der Waals surface area contributed by atoms with Gasteiger partial charge in [-0.05, 0) is 43.3 Å². The zero-order valence-corrected chi connectivity index (χ0v) is 15.6. The molecule has 0 radical (unpaired) electrons. The molecule has 0 aliphatic rings. The van der Waals surface area contributed by atoms with E-state index >= 15 is 0 Å². The van der Waals surface area contributed by atoms with Crippen molar-refractivity contribution in [3.8, 4) is 0 Å². The SMILES string of the molecule is CCOCCn1c(=NC(=O)c2cccc(C(F)(F)F)c2)sc2cc(F)ccc21. The fourth-order valence-electron chi connectivity index (χ4n) is 2.63. The number of nitrogens with zero attached hydrogens (tertiary/aromatic N) is 2. The molecule has 0 bridgehead atoms. The maximum absolute atomic E-state index is 13.5. The molecule has 148 valence electrons. The highest BCUT2D eigenvalue weighted by atomic mass is 32.1. The second-order valence-electron chi connectivity index (χ2n) is 5.84. The molecule has 1 aromatic heterocycles. The number of carbonyl (C=O) groups is 1. The molecule has 0 saturated carbocycles. The van der Waals surface area contributed by atoms with Gasteiger partial charge in [-0.3, -0.25) is 4.79 Å². The zero-order chi connectivity index (χ0) is 20.3. The molecule has 4 nitrogen and oxygen atoms in total. The lowest BCUT2D eigenvalue weighted by Crippen LogP contribution is -2.20. The van der Waals surface area contributed by atoms with Crippen LogP contribution in [0.2, 0.25) is 0 Å². The van der Waals surface area contributed by atoms with Crippen LogP contribution < -0.4 is 4.80 Å². The van der Waals surface area contributed by atoms with Gasteiger partial charge in [0.05, 0.1) is 22.4 Å². The van der Waals surface area contributed by atoms with Crippen molar-refractivity contribution in [1.82, 2.24) is 4.57 Å². The third-order valence-corrected chi connectivity index (χ3v) is 4.98. The van der Waals surface area contributed by atoms with Crippen molar-refractivity contribution < 1.29 is 27.1 Å². The number of ether oxygens (including phenoxy) is 1. The second-order valence-corrected chi connectivity index (χ2v) is 6.85. The summed E-state index contributed by atoms with van der Waals surface area (Å²) in [4.78, 5) is 16.7. The van der Waals surface area contributed by atoms with Gasteiger partial charge in [-0.15, -0.1) is 0 Å². The highest BCUT2D eigenvalue weighted by Crippen LogP contribution is 2.29. The normalized spacial score (nSPS) is 12.7. The number of benzene rings is 2. The Labute approximate surface area is 161 Å². The van der Waals surface area contributed by atoms with Crippen LogP contribution in [0.25, 0.3) is 10.2 Å². The Morgan fingerprint density at radius 2 is 2.00 bits per heavy atom. The van der Waals surface area contributed by atoms with Crippen LogP contribution in [0.4, 0.5) is 17.6 Å². The van der Waals surface area contributed by atoms with Gasteiger partial charge in [0.1, 0.15) is 5.82 Å².